The summed E-state index contributed by atoms with van der Waals surface area (Å²) in [6, 6.07) is 0.255. The zero-order valence-electron chi connectivity index (χ0n) is 8.69. The fourth-order valence-corrected chi connectivity index (χ4v) is 3.08. The molecule has 0 spiro atoms. The minimum atomic E-state index is -0.268. The van der Waals surface area contributed by atoms with Gasteiger partial charge in [0.25, 0.3) is 0 Å². The molecule has 0 radical (unpaired) electrons. The first-order valence-electron chi connectivity index (χ1n) is 5.34. The second kappa shape index (κ2) is 4.84. The lowest BCUT2D eigenvalue weighted by molar-refractivity contribution is 0.0720. The van der Waals surface area contributed by atoms with Crippen molar-refractivity contribution in [3.63, 3.8) is 0 Å². The van der Waals surface area contributed by atoms with Gasteiger partial charge in [0, 0.05) is 11.8 Å². The molecule has 2 rings (SSSR count). The predicted octanol–water partition coefficient (Wildman–Crippen LogP) is 0.574. The highest BCUT2D eigenvalue weighted by molar-refractivity contribution is 7.99. The molecule has 0 aromatic rings. The molecule has 0 amide bonds. The molecule has 1 N–H and O–H groups in total. The van der Waals surface area contributed by atoms with E-state index < -0.39 is 0 Å². The Morgan fingerprint density at radius 3 is 2.93 bits per heavy atom. The molecule has 2 aliphatic heterocycles. The van der Waals surface area contributed by atoms with Gasteiger partial charge in [-0.05, 0) is 25.6 Å². The van der Waals surface area contributed by atoms with E-state index in [0.29, 0.717) is 13.2 Å². The van der Waals surface area contributed by atoms with E-state index in [9.17, 15) is 5.11 Å². The van der Waals surface area contributed by atoms with Crippen molar-refractivity contribution < 1.29 is 9.84 Å². The second-order valence-electron chi connectivity index (χ2n) is 4.17. The number of piperidine rings is 1. The van der Waals surface area contributed by atoms with Crippen LogP contribution >= 0.6 is 11.8 Å². The Bertz CT molecular complexity index is 191. The molecule has 0 bridgehead atoms. The monoisotopic (exact) mass is 217 g/mol. The first-order valence-corrected chi connectivity index (χ1v) is 6.62. The third-order valence-corrected chi connectivity index (χ3v) is 4.28. The summed E-state index contributed by atoms with van der Waals surface area (Å²) >= 11 is 1.95. The molecule has 2 fully saturated rings. The molecule has 2 aliphatic rings. The van der Waals surface area contributed by atoms with E-state index in [1.54, 1.807) is 0 Å². The number of hydrogen-bond donors (Lipinski definition) is 1. The Kier molecular flexibility index (Phi) is 3.71. The highest BCUT2D eigenvalue weighted by atomic mass is 32.2. The van der Waals surface area contributed by atoms with Crippen LogP contribution in [0.3, 0.4) is 0 Å². The third-order valence-electron chi connectivity index (χ3n) is 3.23. The van der Waals surface area contributed by atoms with Crippen molar-refractivity contribution in [3.05, 3.63) is 0 Å². The van der Waals surface area contributed by atoms with Crippen molar-refractivity contribution in [3.8, 4) is 0 Å². The van der Waals surface area contributed by atoms with Crippen molar-refractivity contribution in [1.82, 2.24) is 4.90 Å². The van der Waals surface area contributed by atoms with Crippen LogP contribution in [0, 0.1) is 0 Å². The minimum Gasteiger partial charge on any atom is -0.389 e. The highest BCUT2D eigenvalue weighted by Gasteiger charge is 2.34. The molecule has 2 heterocycles. The summed E-state index contributed by atoms with van der Waals surface area (Å²) in [4.78, 5) is 2.41. The van der Waals surface area contributed by atoms with Gasteiger partial charge in [0.15, 0.2) is 0 Å². The molecule has 3 nitrogen and oxygen atoms in total. The van der Waals surface area contributed by atoms with E-state index in [1.165, 1.54) is 12.8 Å². The molecule has 0 saturated carbocycles. The molecular formula is C10H19NO2S. The molecule has 4 heteroatoms. The molecule has 82 valence electrons. The number of aliphatic hydroxyl groups is 1. The standard InChI is InChI=1S/C10H19NO2S/c1-14-8-3-2-4-11(5-8)9-6-13-7-10(9)12/h8-10,12H,2-7H2,1H3/t8?,9-,10-/m1/s1. The molecule has 0 aromatic carbocycles. The summed E-state index contributed by atoms with van der Waals surface area (Å²) in [6.45, 7) is 3.47. The molecule has 2 saturated heterocycles. The maximum Gasteiger partial charge on any atom is 0.0950 e. The number of ether oxygens (including phenoxy) is 1. The average molecular weight is 217 g/mol. The Balaban J connectivity index is 1.90. The zero-order valence-corrected chi connectivity index (χ0v) is 9.50. The van der Waals surface area contributed by atoms with Gasteiger partial charge in [-0.15, -0.1) is 0 Å². The zero-order chi connectivity index (χ0) is 9.97. The number of rotatable bonds is 2. The Morgan fingerprint density at radius 1 is 1.43 bits per heavy atom. The van der Waals surface area contributed by atoms with Gasteiger partial charge in [0.1, 0.15) is 0 Å². The summed E-state index contributed by atoms with van der Waals surface area (Å²) in [5.74, 6) is 0. The SMILES string of the molecule is CSC1CCCN([C@@H]2COC[C@H]2O)C1. The van der Waals surface area contributed by atoms with Crippen LogP contribution in [0.1, 0.15) is 12.8 Å². The van der Waals surface area contributed by atoms with Crippen LogP contribution in [0.25, 0.3) is 0 Å². The van der Waals surface area contributed by atoms with Crippen LogP contribution in [0.4, 0.5) is 0 Å². The van der Waals surface area contributed by atoms with Crippen LogP contribution in [-0.2, 0) is 4.74 Å². The van der Waals surface area contributed by atoms with E-state index in [4.69, 9.17) is 4.74 Å². The lowest BCUT2D eigenvalue weighted by atomic mass is 10.1. The van der Waals surface area contributed by atoms with Crippen LogP contribution in [0.15, 0.2) is 0 Å². The molecular weight excluding hydrogens is 198 g/mol. The van der Waals surface area contributed by atoms with Crippen LogP contribution in [0.2, 0.25) is 0 Å². The van der Waals surface area contributed by atoms with Gasteiger partial charge in [-0.25, -0.2) is 0 Å². The first kappa shape index (κ1) is 10.7. The van der Waals surface area contributed by atoms with E-state index in [0.717, 1.165) is 18.3 Å². The molecule has 0 aliphatic carbocycles. The number of hydrogen-bond acceptors (Lipinski definition) is 4. The van der Waals surface area contributed by atoms with Gasteiger partial charge in [0.2, 0.25) is 0 Å². The van der Waals surface area contributed by atoms with Gasteiger partial charge >= 0.3 is 0 Å². The van der Waals surface area contributed by atoms with Crippen molar-refractivity contribution in [2.24, 2.45) is 0 Å². The third kappa shape index (κ3) is 2.24. The second-order valence-corrected chi connectivity index (χ2v) is 5.31. The molecule has 3 atom stereocenters. The van der Waals surface area contributed by atoms with Gasteiger partial charge in [0.05, 0.1) is 25.4 Å². The topological polar surface area (TPSA) is 32.7 Å². The number of likely N-dealkylation sites (tertiary alicyclic amines) is 1. The lowest BCUT2D eigenvalue weighted by Crippen LogP contribution is -2.48. The Hall–Kier alpha value is 0.230. The minimum absolute atomic E-state index is 0.255. The van der Waals surface area contributed by atoms with Gasteiger partial charge in [-0.1, -0.05) is 0 Å². The van der Waals surface area contributed by atoms with E-state index in [2.05, 4.69) is 11.2 Å². The van der Waals surface area contributed by atoms with Crippen molar-refractivity contribution in [2.75, 3.05) is 32.6 Å². The quantitative estimate of drug-likeness (QED) is 0.733. The summed E-state index contributed by atoms with van der Waals surface area (Å²) in [6.07, 6.45) is 4.49. The van der Waals surface area contributed by atoms with Crippen molar-refractivity contribution in [1.29, 1.82) is 0 Å². The normalized spacial score (nSPS) is 40.3. The fraction of sp³-hybridized carbons (Fsp3) is 1.00. The molecule has 1 unspecified atom stereocenters. The highest BCUT2D eigenvalue weighted by Crippen LogP contribution is 2.24. The largest absolute Gasteiger partial charge is 0.389 e. The van der Waals surface area contributed by atoms with Gasteiger partial charge < -0.3 is 9.84 Å². The smallest absolute Gasteiger partial charge is 0.0950 e. The molecule has 0 aromatic heterocycles. The van der Waals surface area contributed by atoms with E-state index >= 15 is 0 Å². The summed E-state index contributed by atoms with van der Waals surface area (Å²) in [5, 5.41) is 10.5. The van der Waals surface area contributed by atoms with E-state index in [1.807, 2.05) is 11.8 Å². The van der Waals surface area contributed by atoms with Gasteiger partial charge in [-0.3, -0.25) is 4.90 Å². The average Bonchev–Trinajstić information content (AvgIpc) is 2.65. The van der Waals surface area contributed by atoms with Crippen LogP contribution in [-0.4, -0.2) is 60.0 Å². The Labute approximate surface area is 89.8 Å². The number of nitrogens with zero attached hydrogens (tertiary/aromatic N) is 1. The maximum absolute atomic E-state index is 9.73. The first-order chi connectivity index (χ1) is 6.81. The van der Waals surface area contributed by atoms with Crippen LogP contribution in [0.5, 0.6) is 0 Å². The summed E-state index contributed by atoms with van der Waals surface area (Å²) in [7, 11) is 0. The lowest BCUT2D eigenvalue weighted by Gasteiger charge is -2.36. The number of aliphatic hydroxyl groups excluding tert-OH is 1. The fourth-order valence-electron chi connectivity index (χ4n) is 2.34. The van der Waals surface area contributed by atoms with Crippen molar-refractivity contribution >= 4 is 11.8 Å². The predicted molar refractivity (Wildman–Crippen MR) is 58.7 cm³/mol. The number of thioether (sulfide) groups is 1. The van der Waals surface area contributed by atoms with Gasteiger partial charge in [-0.2, -0.15) is 11.8 Å². The summed E-state index contributed by atoms with van der Waals surface area (Å²) < 4.78 is 5.29. The molecule has 14 heavy (non-hydrogen) atoms. The van der Waals surface area contributed by atoms with E-state index in [-0.39, 0.29) is 12.1 Å². The maximum atomic E-state index is 9.73. The Morgan fingerprint density at radius 2 is 2.29 bits per heavy atom. The summed E-state index contributed by atoms with van der Waals surface area (Å²) in [5.41, 5.74) is 0. The van der Waals surface area contributed by atoms with Crippen molar-refractivity contribution in [2.45, 2.75) is 30.2 Å². The van der Waals surface area contributed by atoms with Crippen LogP contribution < -0.4 is 0 Å².